The van der Waals surface area contributed by atoms with Crippen LogP contribution in [0.3, 0.4) is 0 Å². The number of likely N-dealkylation sites (tertiary alicyclic amines) is 1. The lowest BCUT2D eigenvalue weighted by atomic mass is 9.49. The van der Waals surface area contributed by atoms with Crippen molar-refractivity contribution in [2.45, 2.75) is 57.4 Å². The predicted molar refractivity (Wildman–Crippen MR) is 123 cm³/mol. The fourth-order valence-corrected chi connectivity index (χ4v) is 7.36. The molecule has 5 aliphatic rings. The normalized spacial score (nSPS) is 31.3. The number of ether oxygens (including phenoxy) is 2. The van der Waals surface area contributed by atoms with Gasteiger partial charge in [-0.3, -0.25) is 9.59 Å². The summed E-state index contributed by atoms with van der Waals surface area (Å²) in [6, 6.07) is 3.75. The number of rotatable bonds is 5. The number of methoxy groups -OCH3 is 2. The minimum atomic E-state index is -0.624. The molecule has 4 bridgehead atoms. The molecule has 2 amide bonds. The van der Waals surface area contributed by atoms with Crippen molar-refractivity contribution in [2.24, 2.45) is 23.2 Å². The van der Waals surface area contributed by atoms with Crippen molar-refractivity contribution in [3.05, 3.63) is 29.3 Å². The average molecular weight is 469 g/mol. The molecule has 1 N–H and O–H groups in total. The Labute approximate surface area is 199 Å². The van der Waals surface area contributed by atoms with Crippen LogP contribution >= 0.6 is 0 Å². The smallest absolute Gasteiger partial charge is 0.337 e. The van der Waals surface area contributed by atoms with E-state index in [0.717, 1.165) is 25.7 Å². The highest BCUT2D eigenvalue weighted by molar-refractivity contribution is 6.02. The van der Waals surface area contributed by atoms with Gasteiger partial charge in [0.05, 0.1) is 30.8 Å². The highest BCUT2D eigenvalue weighted by Gasteiger charge is 2.56. The Morgan fingerprint density at radius 1 is 0.882 bits per heavy atom. The first kappa shape index (κ1) is 22.9. The van der Waals surface area contributed by atoms with Crippen LogP contribution in [-0.4, -0.2) is 55.5 Å². The first-order valence-electron chi connectivity index (χ1n) is 12.3. The lowest BCUT2D eigenvalue weighted by molar-refractivity contribution is -0.160. The Kier molecular flexibility index (Phi) is 5.86. The van der Waals surface area contributed by atoms with Gasteiger partial charge in [-0.2, -0.15) is 0 Å². The summed E-state index contributed by atoms with van der Waals surface area (Å²) in [6.07, 6.45) is 8.06. The summed E-state index contributed by atoms with van der Waals surface area (Å²) in [7, 11) is 2.50. The van der Waals surface area contributed by atoms with Crippen molar-refractivity contribution in [1.29, 1.82) is 0 Å². The van der Waals surface area contributed by atoms with Crippen LogP contribution in [0.15, 0.2) is 18.2 Å². The van der Waals surface area contributed by atoms with Gasteiger partial charge in [0.15, 0.2) is 0 Å². The Morgan fingerprint density at radius 3 is 1.91 bits per heavy atom. The number of hydrogen-bond donors (Lipinski definition) is 1. The molecule has 0 aromatic heterocycles. The fraction of sp³-hybridized carbons (Fsp3) is 0.615. The van der Waals surface area contributed by atoms with Gasteiger partial charge in [-0.05, 0) is 87.3 Å². The molecule has 6 rings (SSSR count). The molecular weight excluding hydrogens is 436 g/mol. The van der Waals surface area contributed by atoms with Gasteiger partial charge in [-0.25, -0.2) is 9.59 Å². The lowest BCUT2D eigenvalue weighted by Gasteiger charge is -2.56. The standard InChI is InChI=1S/C26H32N2O6/c1-33-23(30)18-9-19(24(31)34-2)11-20(10-18)27-22(29)21-4-3-5-28(21)25(32)26-12-15-6-16(13-26)8-17(7-15)14-26/h9-11,15-17,21H,3-8,12-14H2,1-2H3,(H,27,29)/t15?,16?,17?,21-,26?/m0/s1. The van der Waals surface area contributed by atoms with Gasteiger partial charge < -0.3 is 19.7 Å². The van der Waals surface area contributed by atoms with E-state index in [2.05, 4.69) is 5.32 Å². The number of esters is 2. The fourth-order valence-electron chi connectivity index (χ4n) is 7.36. The van der Waals surface area contributed by atoms with Crippen molar-refractivity contribution in [3.63, 3.8) is 0 Å². The highest BCUT2D eigenvalue weighted by atomic mass is 16.5. The minimum absolute atomic E-state index is 0.133. The van der Waals surface area contributed by atoms with Gasteiger partial charge >= 0.3 is 11.9 Å². The number of anilines is 1. The number of amides is 2. The third-order valence-corrected chi connectivity index (χ3v) is 8.35. The molecule has 182 valence electrons. The number of benzene rings is 1. The van der Waals surface area contributed by atoms with Crippen molar-refractivity contribution < 1.29 is 28.7 Å². The minimum Gasteiger partial charge on any atom is -0.465 e. The molecule has 8 heteroatoms. The molecule has 34 heavy (non-hydrogen) atoms. The van der Waals surface area contributed by atoms with E-state index in [1.54, 1.807) is 4.90 Å². The van der Waals surface area contributed by atoms with Crippen LogP contribution in [0.25, 0.3) is 0 Å². The molecule has 5 fully saturated rings. The van der Waals surface area contributed by atoms with Crippen molar-refractivity contribution in [3.8, 4) is 0 Å². The maximum absolute atomic E-state index is 13.9. The maximum atomic E-state index is 13.9. The average Bonchev–Trinajstić information content (AvgIpc) is 3.31. The molecule has 8 nitrogen and oxygen atoms in total. The van der Waals surface area contributed by atoms with E-state index in [-0.39, 0.29) is 28.4 Å². The van der Waals surface area contributed by atoms with E-state index in [0.29, 0.717) is 36.4 Å². The van der Waals surface area contributed by atoms with Gasteiger partial charge in [-0.1, -0.05) is 0 Å². The van der Waals surface area contributed by atoms with Gasteiger partial charge in [0.1, 0.15) is 6.04 Å². The largest absolute Gasteiger partial charge is 0.465 e. The van der Waals surface area contributed by atoms with Crippen molar-refractivity contribution in [1.82, 2.24) is 4.90 Å². The van der Waals surface area contributed by atoms with E-state index >= 15 is 0 Å². The number of carbonyl (C=O) groups is 4. The first-order valence-corrected chi connectivity index (χ1v) is 12.3. The Hall–Kier alpha value is -2.90. The van der Waals surface area contributed by atoms with Crippen LogP contribution in [0, 0.1) is 23.2 Å². The van der Waals surface area contributed by atoms with Crippen LogP contribution in [0.4, 0.5) is 5.69 Å². The van der Waals surface area contributed by atoms with Crippen LogP contribution in [0.2, 0.25) is 0 Å². The lowest BCUT2D eigenvalue weighted by Crippen LogP contribution is -2.56. The van der Waals surface area contributed by atoms with Gasteiger partial charge in [-0.15, -0.1) is 0 Å². The zero-order valence-corrected chi connectivity index (χ0v) is 19.8. The summed E-state index contributed by atoms with van der Waals surface area (Å²) in [5.41, 5.74) is 0.269. The molecule has 4 aliphatic carbocycles. The Morgan fingerprint density at radius 2 is 1.41 bits per heavy atom. The van der Waals surface area contributed by atoms with Gasteiger partial charge in [0, 0.05) is 12.2 Å². The number of carbonyl (C=O) groups excluding carboxylic acids is 4. The second-order valence-electron chi connectivity index (χ2n) is 10.6. The van der Waals surface area contributed by atoms with Gasteiger partial charge in [0.25, 0.3) is 0 Å². The van der Waals surface area contributed by atoms with Crippen LogP contribution in [0.5, 0.6) is 0 Å². The molecule has 1 heterocycles. The Bertz CT molecular complexity index is 965. The monoisotopic (exact) mass is 468 g/mol. The van der Waals surface area contributed by atoms with Crippen LogP contribution in [0.1, 0.15) is 72.1 Å². The first-order chi connectivity index (χ1) is 16.3. The highest BCUT2D eigenvalue weighted by Crippen LogP contribution is 2.60. The van der Waals surface area contributed by atoms with Crippen LogP contribution in [-0.2, 0) is 19.1 Å². The molecular formula is C26H32N2O6. The van der Waals surface area contributed by atoms with E-state index < -0.39 is 18.0 Å². The van der Waals surface area contributed by atoms with Crippen molar-refractivity contribution in [2.75, 3.05) is 26.1 Å². The Balaban J connectivity index is 1.35. The van der Waals surface area contributed by atoms with Crippen LogP contribution < -0.4 is 5.32 Å². The molecule has 0 radical (unpaired) electrons. The summed E-state index contributed by atoms with van der Waals surface area (Å²) < 4.78 is 9.55. The third-order valence-electron chi connectivity index (χ3n) is 8.35. The number of nitrogens with zero attached hydrogens (tertiary/aromatic N) is 1. The number of hydrogen-bond acceptors (Lipinski definition) is 6. The summed E-state index contributed by atoms with van der Waals surface area (Å²) in [4.78, 5) is 53.1. The van der Waals surface area contributed by atoms with E-state index in [9.17, 15) is 19.2 Å². The molecule has 1 saturated heterocycles. The summed E-state index contributed by atoms with van der Waals surface area (Å²) >= 11 is 0. The molecule has 4 saturated carbocycles. The van der Waals surface area contributed by atoms with Gasteiger partial charge in [0.2, 0.25) is 11.8 Å². The molecule has 1 aliphatic heterocycles. The molecule has 0 spiro atoms. The molecule has 0 unspecified atom stereocenters. The summed E-state index contributed by atoms with van der Waals surface area (Å²) in [5.74, 6) is 0.575. The molecule has 1 aromatic carbocycles. The molecule has 1 atom stereocenters. The maximum Gasteiger partial charge on any atom is 0.337 e. The zero-order valence-electron chi connectivity index (χ0n) is 19.8. The predicted octanol–water partition coefficient (Wildman–Crippen LogP) is 3.41. The number of nitrogens with one attached hydrogen (secondary N) is 1. The van der Waals surface area contributed by atoms with E-state index in [4.69, 9.17) is 9.47 Å². The third kappa shape index (κ3) is 3.97. The second-order valence-corrected chi connectivity index (χ2v) is 10.6. The second kappa shape index (κ2) is 8.71. The quantitative estimate of drug-likeness (QED) is 0.665. The zero-order chi connectivity index (χ0) is 24.0. The van der Waals surface area contributed by atoms with Crippen molar-refractivity contribution >= 4 is 29.4 Å². The summed E-state index contributed by atoms with van der Waals surface area (Å²) in [6.45, 7) is 0.592. The van der Waals surface area contributed by atoms with E-state index in [1.807, 2.05) is 0 Å². The molecule has 1 aromatic rings. The summed E-state index contributed by atoms with van der Waals surface area (Å²) in [5, 5.41) is 2.83. The van der Waals surface area contributed by atoms with E-state index in [1.165, 1.54) is 51.7 Å². The topological polar surface area (TPSA) is 102 Å². The SMILES string of the molecule is COC(=O)c1cc(NC(=O)[C@@H]2CCCN2C(=O)C23CC4CC(CC(C4)C2)C3)cc(C(=O)OC)c1.